The van der Waals surface area contributed by atoms with E-state index in [1.165, 1.54) is 6.20 Å². The summed E-state index contributed by atoms with van der Waals surface area (Å²) in [5, 5.41) is 14.1. The lowest BCUT2D eigenvalue weighted by atomic mass is 10.2. The molecule has 1 unspecified atom stereocenters. The number of aromatic hydroxyl groups is 1. The molecule has 0 aromatic carbocycles. The van der Waals surface area contributed by atoms with Crippen LogP contribution in [0, 0.1) is 0 Å². The normalized spacial score (nSPS) is 19.5. The molecule has 1 N–H and O–H groups in total. The van der Waals surface area contributed by atoms with Gasteiger partial charge in [-0.3, -0.25) is 4.98 Å². The first-order chi connectivity index (χ1) is 9.25. The molecule has 3 heterocycles. The van der Waals surface area contributed by atoms with Crippen LogP contribution in [0.15, 0.2) is 24.5 Å². The molecule has 5 nitrogen and oxygen atoms in total. The summed E-state index contributed by atoms with van der Waals surface area (Å²) in [5.74, 6) is 0.125. The van der Waals surface area contributed by atoms with Crippen LogP contribution in [0.25, 0.3) is 11.4 Å². The van der Waals surface area contributed by atoms with Gasteiger partial charge in [-0.05, 0) is 31.4 Å². The summed E-state index contributed by atoms with van der Waals surface area (Å²) >= 11 is 6.20. The Morgan fingerprint density at radius 3 is 2.89 bits per heavy atom. The van der Waals surface area contributed by atoms with E-state index in [1.54, 1.807) is 23.0 Å². The van der Waals surface area contributed by atoms with Crippen LogP contribution in [-0.2, 0) is 4.74 Å². The van der Waals surface area contributed by atoms with Crippen LogP contribution < -0.4 is 0 Å². The van der Waals surface area contributed by atoms with E-state index in [0.717, 1.165) is 31.6 Å². The van der Waals surface area contributed by atoms with Crippen molar-refractivity contribution in [3.8, 4) is 17.1 Å². The topological polar surface area (TPSA) is 60.2 Å². The van der Waals surface area contributed by atoms with E-state index >= 15 is 0 Å². The third-order valence-electron chi connectivity index (χ3n) is 3.17. The second-order valence-electron chi connectivity index (χ2n) is 4.51. The lowest BCUT2D eigenvalue weighted by molar-refractivity contribution is -0.0384. The van der Waals surface area contributed by atoms with Crippen molar-refractivity contribution in [1.82, 2.24) is 14.8 Å². The molecule has 1 aliphatic rings. The maximum atomic E-state index is 9.30. The molecule has 1 fully saturated rings. The summed E-state index contributed by atoms with van der Waals surface area (Å²) in [7, 11) is 0. The van der Waals surface area contributed by atoms with Crippen molar-refractivity contribution >= 4 is 11.6 Å². The van der Waals surface area contributed by atoms with Gasteiger partial charge in [0.05, 0.1) is 23.1 Å². The van der Waals surface area contributed by atoms with Gasteiger partial charge in [0, 0.05) is 6.61 Å². The minimum atomic E-state index is -0.0909. The highest BCUT2D eigenvalue weighted by Gasteiger charge is 2.22. The standard InChI is InChI=1S/C13H14ClN3O2/c14-10-8-16-17(12-3-1-2-6-19-12)13(10)11-5-4-9(18)7-15-11/h4-5,7-8,12,18H,1-3,6H2. The molecule has 1 atom stereocenters. The van der Waals surface area contributed by atoms with Crippen molar-refractivity contribution in [2.24, 2.45) is 0 Å². The maximum absolute atomic E-state index is 9.30. The lowest BCUT2D eigenvalue weighted by Gasteiger charge is -2.24. The Kier molecular flexibility index (Phi) is 3.40. The summed E-state index contributed by atoms with van der Waals surface area (Å²) < 4.78 is 7.51. The van der Waals surface area contributed by atoms with Gasteiger partial charge >= 0.3 is 0 Å². The second kappa shape index (κ2) is 5.19. The average Bonchev–Trinajstić information content (AvgIpc) is 2.83. The molecule has 100 valence electrons. The first-order valence-electron chi connectivity index (χ1n) is 6.26. The number of nitrogens with zero attached hydrogens (tertiary/aromatic N) is 3. The highest BCUT2D eigenvalue weighted by molar-refractivity contribution is 6.32. The predicted octanol–water partition coefficient (Wildman–Crippen LogP) is 3.00. The van der Waals surface area contributed by atoms with Crippen molar-refractivity contribution < 1.29 is 9.84 Å². The SMILES string of the molecule is Oc1ccc(-c2c(Cl)cnn2C2CCCCO2)nc1. The van der Waals surface area contributed by atoms with E-state index < -0.39 is 0 Å². The summed E-state index contributed by atoms with van der Waals surface area (Å²) in [6.45, 7) is 0.741. The molecule has 6 heteroatoms. The predicted molar refractivity (Wildman–Crippen MR) is 71.0 cm³/mol. The van der Waals surface area contributed by atoms with Crippen molar-refractivity contribution in [3.63, 3.8) is 0 Å². The van der Waals surface area contributed by atoms with Gasteiger partial charge in [0.1, 0.15) is 11.4 Å². The molecule has 2 aromatic rings. The van der Waals surface area contributed by atoms with Crippen LogP contribution in [0.4, 0.5) is 0 Å². The van der Waals surface area contributed by atoms with Crippen LogP contribution in [0.3, 0.4) is 0 Å². The molecule has 2 aromatic heterocycles. The molecule has 0 amide bonds. The van der Waals surface area contributed by atoms with E-state index in [0.29, 0.717) is 10.7 Å². The number of ether oxygens (including phenoxy) is 1. The average molecular weight is 280 g/mol. The Morgan fingerprint density at radius 2 is 2.21 bits per heavy atom. The number of hydrogen-bond donors (Lipinski definition) is 1. The lowest BCUT2D eigenvalue weighted by Crippen LogP contribution is -2.20. The van der Waals surface area contributed by atoms with Crippen molar-refractivity contribution in [3.05, 3.63) is 29.5 Å². The molecular formula is C13H14ClN3O2. The van der Waals surface area contributed by atoms with Crippen molar-refractivity contribution in [2.45, 2.75) is 25.5 Å². The summed E-state index contributed by atoms with van der Waals surface area (Å²) in [6, 6.07) is 3.30. The molecule has 0 bridgehead atoms. The zero-order valence-corrected chi connectivity index (χ0v) is 11.0. The van der Waals surface area contributed by atoms with Crippen molar-refractivity contribution in [2.75, 3.05) is 6.61 Å². The first kappa shape index (κ1) is 12.4. The largest absolute Gasteiger partial charge is 0.506 e. The van der Waals surface area contributed by atoms with Gasteiger partial charge in [0.15, 0.2) is 6.23 Å². The maximum Gasteiger partial charge on any atom is 0.150 e. The third kappa shape index (κ3) is 2.43. The summed E-state index contributed by atoms with van der Waals surface area (Å²) in [6.07, 6.45) is 6.02. The van der Waals surface area contributed by atoms with Gasteiger partial charge < -0.3 is 9.84 Å². The Hall–Kier alpha value is -1.59. The fraction of sp³-hybridized carbons (Fsp3) is 0.385. The van der Waals surface area contributed by atoms with E-state index in [9.17, 15) is 5.11 Å². The monoisotopic (exact) mass is 279 g/mol. The molecule has 19 heavy (non-hydrogen) atoms. The second-order valence-corrected chi connectivity index (χ2v) is 4.92. The minimum Gasteiger partial charge on any atom is -0.506 e. The van der Waals surface area contributed by atoms with E-state index in [4.69, 9.17) is 16.3 Å². The van der Waals surface area contributed by atoms with Gasteiger partial charge in [-0.25, -0.2) is 4.68 Å². The molecule has 1 saturated heterocycles. The van der Waals surface area contributed by atoms with Gasteiger partial charge in [0.25, 0.3) is 0 Å². The Morgan fingerprint density at radius 1 is 1.32 bits per heavy atom. The quantitative estimate of drug-likeness (QED) is 0.918. The smallest absolute Gasteiger partial charge is 0.150 e. The number of aromatic nitrogens is 3. The van der Waals surface area contributed by atoms with Crippen LogP contribution >= 0.6 is 11.6 Å². The molecule has 1 aliphatic heterocycles. The zero-order valence-electron chi connectivity index (χ0n) is 10.3. The van der Waals surface area contributed by atoms with Crippen LogP contribution in [0.5, 0.6) is 5.75 Å². The van der Waals surface area contributed by atoms with Gasteiger partial charge in [-0.1, -0.05) is 11.6 Å². The minimum absolute atomic E-state index is 0.0909. The number of pyridine rings is 1. The highest BCUT2D eigenvalue weighted by Crippen LogP contribution is 2.32. The molecular weight excluding hydrogens is 266 g/mol. The third-order valence-corrected chi connectivity index (χ3v) is 3.45. The van der Waals surface area contributed by atoms with Gasteiger partial charge in [0.2, 0.25) is 0 Å². The fourth-order valence-electron chi connectivity index (χ4n) is 2.24. The molecule has 0 saturated carbocycles. The van der Waals surface area contributed by atoms with E-state index in [2.05, 4.69) is 10.1 Å². The van der Waals surface area contributed by atoms with Crippen molar-refractivity contribution in [1.29, 1.82) is 0 Å². The van der Waals surface area contributed by atoms with Gasteiger partial charge in [-0.15, -0.1) is 0 Å². The number of halogens is 1. The Labute approximate surface area is 115 Å². The van der Waals surface area contributed by atoms with Crippen LogP contribution in [0.1, 0.15) is 25.5 Å². The molecule has 3 rings (SSSR count). The summed E-state index contributed by atoms with van der Waals surface area (Å²) in [4.78, 5) is 4.19. The van der Waals surface area contributed by atoms with Gasteiger partial charge in [-0.2, -0.15) is 5.10 Å². The van der Waals surface area contributed by atoms with E-state index in [-0.39, 0.29) is 12.0 Å². The molecule has 0 radical (unpaired) electrons. The Balaban J connectivity index is 2.00. The Bertz CT molecular complexity index is 562. The molecule has 0 spiro atoms. The zero-order chi connectivity index (χ0) is 13.2. The van der Waals surface area contributed by atoms with Crippen LogP contribution in [0.2, 0.25) is 5.02 Å². The first-order valence-corrected chi connectivity index (χ1v) is 6.63. The summed E-state index contributed by atoms with van der Waals surface area (Å²) in [5.41, 5.74) is 1.41. The number of hydrogen-bond acceptors (Lipinski definition) is 4. The van der Waals surface area contributed by atoms with E-state index in [1.807, 2.05) is 0 Å². The molecule has 0 aliphatic carbocycles. The highest BCUT2D eigenvalue weighted by atomic mass is 35.5. The van der Waals surface area contributed by atoms with Crippen LogP contribution in [-0.4, -0.2) is 26.5 Å². The number of rotatable bonds is 2. The fourth-order valence-corrected chi connectivity index (χ4v) is 2.47.